The van der Waals surface area contributed by atoms with E-state index in [4.69, 9.17) is 12.7 Å². The highest BCUT2D eigenvalue weighted by Crippen LogP contribution is 2.29. The molecule has 1 heterocycles. The summed E-state index contributed by atoms with van der Waals surface area (Å²) in [6, 6.07) is 11.6. The lowest BCUT2D eigenvalue weighted by atomic mass is 9.97. The van der Waals surface area contributed by atoms with Gasteiger partial charge >= 0.3 is 6.09 Å². The largest absolute Gasteiger partial charge is 0.449 e. The number of benzene rings is 2. The van der Waals surface area contributed by atoms with E-state index in [-0.39, 0.29) is 18.4 Å². The van der Waals surface area contributed by atoms with Crippen molar-refractivity contribution in [3.8, 4) is 0 Å². The number of halogens is 1. The number of nitrogens with zero attached hydrogens (tertiary/aromatic N) is 2. The average molecular weight is 484 g/mol. The highest BCUT2D eigenvalue weighted by molar-refractivity contribution is 9.10. The molecule has 162 valence electrons. The van der Waals surface area contributed by atoms with E-state index in [2.05, 4.69) is 27.3 Å². The Kier molecular flexibility index (Phi) is 7.78. The topological polar surface area (TPSA) is 61.9 Å². The van der Waals surface area contributed by atoms with E-state index in [1.807, 2.05) is 38.1 Å². The fraction of sp³-hybridized carbons (Fsp3) is 0.391. The van der Waals surface area contributed by atoms with Crippen molar-refractivity contribution in [2.24, 2.45) is 0 Å². The summed E-state index contributed by atoms with van der Waals surface area (Å²) in [5.74, 6) is 0.183. The second kappa shape index (κ2) is 10.3. The smallest absolute Gasteiger partial charge is 0.411 e. The van der Waals surface area contributed by atoms with Gasteiger partial charge in [0.25, 0.3) is 0 Å². The van der Waals surface area contributed by atoms with Crippen LogP contribution in [0.1, 0.15) is 42.4 Å². The summed E-state index contributed by atoms with van der Waals surface area (Å²) in [5.41, 5.74) is 4.59. The molecule has 31 heavy (non-hydrogen) atoms. The molecule has 0 spiro atoms. The standard InChI is InChI=1S/C23H27BBrN3O3/c1-15-11-18(25)6-8-20(15)16(2)14-31-23(30)26-19-7-9-21(17(12-19)13-27(3)24)28-10-4-5-22(28)29/h6-9,11-12,16H,4-5,10,13-14H2,1-3H3,(H,26,30)/t16-/m0/s1. The summed E-state index contributed by atoms with van der Waals surface area (Å²) in [7, 11) is 7.61. The van der Waals surface area contributed by atoms with Gasteiger partial charge in [-0.1, -0.05) is 28.9 Å². The molecule has 2 amide bonds. The van der Waals surface area contributed by atoms with Crippen LogP contribution in [0.2, 0.25) is 0 Å². The third-order valence-corrected chi connectivity index (χ3v) is 5.83. The number of aryl methyl sites for hydroxylation is 1. The van der Waals surface area contributed by atoms with Gasteiger partial charge in [0.05, 0.1) is 6.61 Å². The first-order valence-corrected chi connectivity index (χ1v) is 11.1. The van der Waals surface area contributed by atoms with Gasteiger partial charge in [-0.2, -0.15) is 0 Å². The van der Waals surface area contributed by atoms with Crippen LogP contribution in [-0.4, -0.2) is 45.0 Å². The number of hydrogen-bond donors (Lipinski definition) is 1. The Morgan fingerprint density at radius 2 is 2.10 bits per heavy atom. The Balaban J connectivity index is 1.65. The van der Waals surface area contributed by atoms with Crippen LogP contribution in [0.25, 0.3) is 0 Å². The first kappa shape index (κ1) is 23.4. The van der Waals surface area contributed by atoms with Crippen molar-refractivity contribution in [1.82, 2.24) is 4.81 Å². The fourth-order valence-corrected chi connectivity index (χ4v) is 4.34. The molecule has 2 aromatic rings. The third kappa shape index (κ3) is 6.11. The fourth-order valence-electron chi connectivity index (χ4n) is 3.86. The van der Waals surface area contributed by atoms with Gasteiger partial charge in [0, 0.05) is 41.3 Å². The molecule has 1 saturated heterocycles. The van der Waals surface area contributed by atoms with Crippen molar-refractivity contribution in [2.45, 2.75) is 39.2 Å². The molecule has 1 fully saturated rings. The summed E-state index contributed by atoms with van der Waals surface area (Å²) in [6.45, 7) is 5.48. The number of carbonyl (C=O) groups is 2. The Bertz CT molecular complexity index is 967. The second-order valence-electron chi connectivity index (χ2n) is 8.03. The molecule has 0 saturated carbocycles. The quantitative estimate of drug-likeness (QED) is 0.577. The molecular formula is C23H27BBrN3O3. The van der Waals surface area contributed by atoms with Crippen LogP contribution in [-0.2, 0) is 16.1 Å². The zero-order valence-corrected chi connectivity index (χ0v) is 19.7. The zero-order valence-electron chi connectivity index (χ0n) is 18.2. The highest BCUT2D eigenvalue weighted by atomic mass is 79.9. The van der Waals surface area contributed by atoms with E-state index in [1.165, 1.54) is 0 Å². The molecular weight excluding hydrogens is 457 g/mol. The van der Waals surface area contributed by atoms with Crippen LogP contribution in [0.15, 0.2) is 40.9 Å². The molecule has 0 aromatic heterocycles. The average Bonchev–Trinajstić information content (AvgIpc) is 3.11. The van der Waals surface area contributed by atoms with Gasteiger partial charge in [-0.25, -0.2) is 4.79 Å². The van der Waals surface area contributed by atoms with Crippen molar-refractivity contribution < 1.29 is 14.3 Å². The summed E-state index contributed by atoms with van der Waals surface area (Å²) in [6.07, 6.45) is 0.887. The summed E-state index contributed by atoms with van der Waals surface area (Å²) in [4.78, 5) is 27.9. The SMILES string of the molecule is [B]N(C)Cc1cc(NC(=O)OC[C@H](C)c2ccc(Br)cc2C)ccc1N1CCCC1=O. The number of rotatable bonds is 7. The van der Waals surface area contributed by atoms with E-state index in [0.29, 0.717) is 25.2 Å². The minimum Gasteiger partial charge on any atom is -0.449 e. The summed E-state index contributed by atoms with van der Waals surface area (Å²) in [5, 5.41) is 2.78. The maximum atomic E-state index is 12.4. The Labute approximate surface area is 193 Å². The van der Waals surface area contributed by atoms with E-state index in [9.17, 15) is 9.59 Å². The molecule has 3 rings (SSSR count). The number of carbonyl (C=O) groups excluding carboxylic acids is 2. The molecule has 1 atom stereocenters. The predicted molar refractivity (Wildman–Crippen MR) is 128 cm³/mol. The van der Waals surface area contributed by atoms with Crippen LogP contribution in [0, 0.1) is 6.92 Å². The molecule has 8 heteroatoms. The molecule has 2 radical (unpaired) electrons. The number of anilines is 2. The lowest BCUT2D eigenvalue weighted by Gasteiger charge is -2.23. The van der Waals surface area contributed by atoms with Gasteiger partial charge in [0.2, 0.25) is 5.91 Å². The molecule has 1 N–H and O–H groups in total. The van der Waals surface area contributed by atoms with E-state index in [1.54, 1.807) is 22.8 Å². The van der Waals surface area contributed by atoms with Crippen molar-refractivity contribution in [2.75, 3.05) is 30.4 Å². The van der Waals surface area contributed by atoms with Crippen LogP contribution in [0.4, 0.5) is 16.2 Å². The van der Waals surface area contributed by atoms with Crippen molar-refractivity contribution in [1.29, 1.82) is 0 Å². The van der Waals surface area contributed by atoms with Crippen molar-refractivity contribution >= 4 is 47.3 Å². The van der Waals surface area contributed by atoms with Gasteiger partial charge in [-0.15, -0.1) is 0 Å². The van der Waals surface area contributed by atoms with Gasteiger partial charge in [0.15, 0.2) is 7.98 Å². The lowest BCUT2D eigenvalue weighted by Crippen LogP contribution is -2.26. The number of amides is 2. The maximum Gasteiger partial charge on any atom is 0.411 e. The normalized spacial score (nSPS) is 14.7. The molecule has 0 aliphatic carbocycles. The van der Waals surface area contributed by atoms with Crippen LogP contribution in [0.3, 0.4) is 0 Å². The van der Waals surface area contributed by atoms with Crippen molar-refractivity contribution in [3.05, 3.63) is 57.6 Å². The Morgan fingerprint density at radius 1 is 1.32 bits per heavy atom. The predicted octanol–water partition coefficient (Wildman–Crippen LogP) is 4.75. The number of ether oxygens (including phenoxy) is 1. The molecule has 6 nitrogen and oxygen atoms in total. The van der Waals surface area contributed by atoms with Gasteiger partial charge in [-0.05, 0) is 67.4 Å². The van der Waals surface area contributed by atoms with E-state index < -0.39 is 6.09 Å². The number of nitrogens with one attached hydrogen (secondary N) is 1. The van der Waals surface area contributed by atoms with Gasteiger partial charge < -0.3 is 14.4 Å². The Morgan fingerprint density at radius 3 is 2.74 bits per heavy atom. The maximum absolute atomic E-state index is 12.4. The van der Waals surface area contributed by atoms with Crippen molar-refractivity contribution in [3.63, 3.8) is 0 Å². The minimum atomic E-state index is -0.515. The molecule has 1 aliphatic heterocycles. The van der Waals surface area contributed by atoms with Crippen LogP contribution in [0.5, 0.6) is 0 Å². The van der Waals surface area contributed by atoms with Gasteiger partial charge in [-0.3, -0.25) is 10.1 Å². The molecule has 0 bridgehead atoms. The third-order valence-electron chi connectivity index (χ3n) is 5.34. The van der Waals surface area contributed by atoms with E-state index in [0.717, 1.165) is 33.3 Å². The first-order valence-electron chi connectivity index (χ1n) is 10.3. The van der Waals surface area contributed by atoms with Crippen LogP contribution < -0.4 is 10.2 Å². The highest BCUT2D eigenvalue weighted by Gasteiger charge is 2.24. The van der Waals surface area contributed by atoms with Crippen LogP contribution >= 0.6 is 15.9 Å². The Hall–Kier alpha value is -2.32. The first-order chi connectivity index (χ1) is 14.7. The lowest BCUT2D eigenvalue weighted by molar-refractivity contribution is -0.117. The number of hydrogen-bond acceptors (Lipinski definition) is 4. The van der Waals surface area contributed by atoms with Gasteiger partial charge in [0.1, 0.15) is 0 Å². The zero-order chi connectivity index (χ0) is 22.5. The molecule has 1 aliphatic rings. The second-order valence-corrected chi connectivity index (χ2v) is 8.95. The summed E-state index contributed by atoms with van der Waals surface area (Å²) < 4.78 is 6.48. The monoisotopic (exact) mass is 483 g/mol. The van der Waals surface area contributed by atoms with E-state index >= 15 is 0 Å². The molecule has 2 aromatic carbocycles. The molecule has 0 unspecified atom stereocenters. The minimum absolute atomic E-state index is 0.0730. The summed E-state index contributed by atoms with van der Waals surface area (Å²) >= 11 is 3.47.